The van der Waals surface area contributed by atoms with Gasteiger partial charge in [-0.1, -0.05) is 409 Å². The third-order valence-electron chi connectivity index (χ3n) is 18.6. The average molecular weight is 1230 g/mol. The molecule has 1 unspecified atom stereocenters. The Labute approximate surface area is 551 Å². The number of carbonyl (C=O) groups is 2. The van der Waals surface area contributed by atoms with E-state index in [9.17, 15) is 14.7 Å². The summed E-state index contributed by atoms with van der Waals surface area (Å²) in [6.07, 6.45) is 108. The normalized spacial score (nSPS) is 12.4. The molecule has 0 amide bonds. The van der Waals surface area contributed by atoms with Gasteiger partial charge >= 0.3 is 11.9 Å². The van der Waals surface area contributed by atoms with Crippen LogP contribution in [0.2, 0.25) is 0 Å². The maximum absolute atomic E-state index is 12.4. The van der Waals surface area contributed by atoms with Crippen molar-refractivity contribution in [2.75, 3.05) is 13.2 Å². The number of hydrogen-bond donors (Lipinski definition) is 1. The van der Waals surface area contributed by atoms with Crippen molar-refractivity contribution in [1.29, 1.82) is 0 Å². The van der Waals surface area contributed by atoms with Gasteiger partial charge in [-0.15, -0.1) is 0 Å². The van der Waals surface area contributed by atoms with Crippen molar-refractivity contribution in [2.45, 2.75) is 457 Å². The molecule has 0 bridgehead atoms. The summed E-state index contributed by atoms with van der Waals surface area (Å²) in [4.78, 5) is 24.7. The number of ether oxygens (including phenoxy) is 2. The zero-order chi connectivity index (χ0) is 63.3. The standard InChI is InChI=1S/C83H156O5/c1-3-5-7-9-11-13-15-17-19-21-23-25-27-29-31-33-35-37-39-41-43-45-47-49-51-53-55-57-59-61-63-65-67-69-71-73-75-77-82(85)87-80-81(79-84)88-83(86)78-76-74-72-70-68-66-64-62-60-58-56-54-52-50-48-46-44-42-40-38-36-34-32-30-28-26-24-22-20-18-16-14-12-10-8-6-4-2/h15-18,21-24,81,84H,3-14,19-20,25-80H2,1-2H3/b17-15-,18-16-,23-21-,24-22-. The molecule has 0 rings (SSSR count). The minimum atomic E-state index is -0.770. The molecule has 5 heteroatoms. The number of rotatable bonds is 76. The number of carbonyl (C=O) groups excluding carboxylic acids is 2. The molecule has 0 radical (unpaired) electrons. The highest BCUT2D eigenvalue weighted by Gasteiger charge is 2.16. The van der Waals surface area contributed by atoms with E-state index in [2.05, 4.69) is 62.5 Å². The van der Waals surface area contributed by atoms with E-state index >= 15 is 0 Å². The van der Waals surface area contributed by atoms with Crippen LogP contribution in [-0.4, -0.2) is 36.4 Å². The zero-order valence-electron chi connectivity index (χ0n) is 59.8. The van der Waals surface area contributed by atoms with E-state index in [1.165, 1.54) is 379 Å². The van der Waals surface area contributed by atoms with Crippen molar-refractivity contribution in [2.24, 2.45) is 0 Å². The Morgan fingerprint density at radius 3 is 0.670 bits per heavy atom. The minimum Gasteiger partial charge on any atom is -0.462 e. The second-order valence-electron chi connectivity index (χ2n) is 27.5. The Morgan fingerprint density at radius 1 is 0.261 bits per heavy atom. The van der Waals surface area contributed by atoms with Crippen LogP contribution in [0.25, 0.3) is 0 Å². The summed E-state index contributed by atoms with van der Waals surface area (Å²) in [6, 6.07) is 0. The quantitative estimate of drug-likeness (QED) is 0.0373. The van der Waals surface area contributed by atoms with Gasteiger partial charge in [-0.3, -0.25) is 9.59 Å². The van der Waals surface area contributed by atoms with E-state index in [0.717, 1.165) is 44.9 Å². The molecule has 0 saturated heterocycles. The van der Waals surface area contributed by atoms with E-state index in [0.29, 0.717) is 12.8 Å². The van der Waals surface area contributed by atoms with Crippen LogP contribution >= 0.6 is 0 Å². The number of hydrogen-bond acceptors (Lipinski definition) is 5. The topological polar surface area (TPSA) is 72.8 Å². The maximum Gasteiger partial charge on any atom is 0.306 e. The fourth-order valence-electron chi connectivity index (χ4n) is 12.6. The minimum absolute atomic E-state index is 0.0586. The van der Waals surface area contributed by atoms with Crippen LogP contribution in [0.4, 0.5) is 0 Å². The molecule has 5 nitrogen and oxygen atoms in total. The van der Waals surface area contributed by atoms with Crippen molar-refractivity contribution in [3.05, 3.63) is 48.6 Å². The van der Waals surface area contributed by atoms with Crippen LogP contribution in [0.1, 0.15) is 450 Å². The van der Waals surface area contributed by atoms with Crippen molar-refractivity contribution in [3.63, 3.8) is 0 Å². The predicted octanol–water partition coefficient (Wildman–Crippen LogP) is 28.2. The largest absolute Gasteiger partial charge is 0.462 e. The summed E-state index contributed by atoms with van der Waals surface area (Å²) in [7, 11) is 0. The van der Waals surface area contributed by atoms with Crippen LogP contribution in [0, 0.1) is 0 Å². The van der Waals surface area contributed by atoms with Gasteiger partial charge in [-0.2, -0.15) is 0 Å². The summed E-state index contributed by atoms with van der Waals surface area (Å²) >= 11 is 0. The van der Waals surface area contributed by atoms with Crippen molar-refractivity contribution in [1.82, 2.24) is 0 Å². The van der Waals surface area contributed by atoms with Crippen LogP contribution in [-0.2, 0) is 19.1 Å². The van der Waals surface area contributed by atoms with Crippen LogP contribution in [0.3, 0.4) is 0 Å². The fraction of sp³-hybridized carbons (Fsp3) is 0.880. The number of aliphatic hydroxyl groups excluding tert-OH is 1. The number of aliphatic hydroxyl groups is 1. The third kappa shape index (κ3) is 76.3. The second-order valence-corrected chi connectivity index (χ2v) is 27.5. The Balaban J connectivity index is 3.36. The first-order valence-corrected chi connectivity index (χ1v) is 40.2. The van der Waals surface area contributed by atoms with E-state index in [4.69, 9.17) is 9.47 Å². The van der Waals surface area contributed by atoms with E-state index in [1.807, 2.05) is 0 Å². The third-order valence-corrected chi connectivity index (χ3v) is 18.6. The molecule has 0 aromatic carbocycles. The van der Waals surface area contributed by atoms with E-state index in [1.54, 1.807) is 0 Å². The Kier molecular flexibility index (Phi) is 77.2. The Bertz CT molecular complexity index is 1450. The van der Waals surface area contributed by atoms with Gasteiger partial charge in [-0.25, -0.2) is 0 Å². The molecule has 518 valence electrons. The molecular weight excluding hydrogens is 1080 g/mol. The average Bonchev–Trinajstić information content (AvgIpc) is 3.55. The molecule has 0 aromatic heterocycles. The second kappa shape index (κ2) is 79.1. The van der Waals surface area contributed by atoms with E-state index in [-0.39, 0.29) is 25.2 Å². The van der Waals surface area contributed by atoms with Crippen LogP contribution < -0.4 is 0 Å². The van der Waals surface area contributed by atoms with Gasteiger partial charge in [0.15, 0.2) is 6.10 Å². The lowest BCUT2D eigenvalue weighted by Crippen LogP contribution is -2.28. The highest BCUT2D eigenvalue weighted by atomic mass is 16.6. The molecule has 0 saturated carbocycles. The molecule has 1 N–H and O–H groups in total. The first kappa shape index (κ1) is 85.9. The predicted molar refractivity (Wildman–Crippen MR) is 390 cm³/mol. The Hall–Kier alpha value is -2.14. The number of esters is 2. The number of allylic oxidation sites excluding steroid dienone is 8. The Morgan fingerprint density at radius 2 is 0.455 bits per heavy atom. The molecule has 0 aliphatic carbocycles. The van der Waals surface area contributed by atoms with Gasteiger partial charge < -0.3 is 14.6 Å². The molecule has 88 heavy (non-hydrogen) atoms. The summed E-state index contributed by atoms with van der Waals surface area (Å²) in [6.45, 7) is 4.19. The summed E-state index contributed by atoms with van der Waals surface area (Å²) in [5.74, 6) is -0.562. The van der Waals surface area contributed by atoms with Crippen molar-refractivity contribution < 1.29 is 24.2 Å². The van der Waals surface area contributed by atoms with Gasteiger partial charge in [0.25, 0.3) is 0 Å². The van der Waals surface area contributed by atoms with E-state index < -0.39 is 6.10 Å². The molecule has 0 aromatic rings. The number of unbranched alkanes of at least 4 members (excludes halogenated alkanes) is 60. The molecule has 0 aliphatic rings. The van der Waals surface area contributed by atoms with Gasteiger partial charge in [-0.05, 0) is 77.0 Å². The highest BCUT2D eigenvalue weighted by Crippen LogP contribution is 2.20. The van der Waals surface area contributed by atoms with Gasteiger partial charge in [0.2, 0.25) is 0 Å². The maximum atomic E-state index is 12.4. The van der Waals surface area contributed by atoms with Crippen molar-refractivity contribution in [3.8, 4) is 0 Å². The van der Waals surface area contributed by atoms with Gasteiger partial charge in [0.1, 0.15) is 6.61 Å². The highest BCUT2D eigenvalue weighted by molar-refractivity contribution is 5.70. The van der Waals surface area contributed by atoms with Gasteiger partial charge in [0, 0.05) is 12.8 Å². The van der Waals surface area contributed by atoms with Crippen LogP contribution in [0.5, 0.6) is 0 Å². The monoisotopic (exact) mass is 1230 g/mol. The SMILES string of the molecule is CCCCCCC/C=C\C/C=C\CCCCCCCCCCCCCCCCCCCCCCCCCCCC(=O)OCC(CO)OC(=O)CCCCCCCCCCCCCCCCCCCCCCCCCCC/C=C\C/C=C\CCCCCCC. The molecule has 0 aliphatic heterocycles. The first-order chi connectivity index (χ1) is 43.6. The molecular formula is C83H156O5. The molecule has 0 heterocycles. The smallest absolute Gasteiger partial charge is 0.306 e. The summed E-state index contributed by atoms with van der Waals surface area (Å²) in [5.41, 5.74) is 0. The lowest BCUT2D eigenvalue weighted by molar-refractivity contribution is -0.161. The van der Waals surface area contributed by atoms with Crippen LogP contribution in [0.15, 0.2) is 48.6 Å². The summed E-state index contributed by atoms with van der Waals surface area (Å²) < 4.78 is 10.8. The zero-order valence-corrected chi connectivity index (χ0v) is 59.8. The molecule has 0 fully saturated rings. The van der Waals surface area contributed by atoms with Gasteiger partial charge in [0.05, 0.1) is 6.61 Å². The fourth-order valence-corrected chi connectivity index (χ4v) is 12.6. The van der Waals surface area contributed by atoms with Crippen molar-refractivity contribution >= 4 is 11.9 Å². The molecule has 1 atom stereocenters. The lowest BCUT2D eigenvalue weighted by atomic mass is 10.0. The lowest BCUT2D eigenvalue weighted by Gasteiger charge is -2.15. The molecule has 0 spiro atoms. The first-order valence-electron chi connectivity index (χ1n) is 40.2. The summed E-state index contributed by atoms with van der Waals surface area (Å²) in [5, 5.41) is 9.73.